The second kappa shape index (κ2) is 14.3. The van der Waals surface area contributed by atoms with Crippen LogP contribution in [0.5, 0.6) is 0 Å². The van der Waals surface area contributed by atoms with Crippen LogP contribution in [0.2, 0.25) is 0 Å². The van der Waals surface area contributed by atoms with E-state index in [1.54, 1.807) is 18.5 Å². The Balaban J connectivity index is 1.65. The topological polar surface area (TPSA) is 111 Å². The Bertz CT molecular complexity index is 1500. The van der Waals surface area contributed by atoms with Crippen molar-refractivity contribution in [3.8, 4) is 11.3 Å². The molecule has 3 heterocycles. The van der Waals surface area contributed by atoms with E-state index in [2.05, 4.69) is 29.2 Å². The summed E-state index contributed by atoms with van der Waals surface area (Å²) in [7, 11) is 0.564. The minimum absolute atomic E-state index is 0.0194. The molecular weight excluding hydrogens is 609 g/mol. The maximum absolute atomic E-state index is 13.9. The van der Waals surface area contributed by atoms with Gasteiger partial charge in [0.2, 0.25) is 15.9 Å². The number of halogens is 3. The van der Waals surface area contributed by atoms with E-state index in [0.717, 1.165) is 50.5 Å². The van der Waals surface area contributed by atoms with Crippen molar-refractivity contribution in [2.75, 3.05) is 53.1 Å². The van der Waals surface area contributed by atoms with Gasteiger partial charge in [-0.25, -0.2) is 8.42 Å². The number of rotatable bonds is 11. The van der Waals surface area contributed by atoms with Gasteiger partial charge in [-0.2, -0.15) is 22.6 Å². The SMILES string of the molecule is CC(C)=CC(=O)NCc1cc(-c2nn(CC(O)CN3CCCC(CN(C)C)C3)c3c2CN(S(C)(=O)=O)CC3)ccc1C(F)(F)F. The first-order valence-corrected chi connectivity index (χ1v) is 17.1. The predicted molar refractivity (Wildman–Crippen MR) is 167 cm³/mol. The van der Waals surface area contributed by atoms with Crippen LogP contribution in [0.15, 0.2) is 29.8 Å². The highest BCUT2D eigenvalue weighted by molar-refractivity contribution is 7.88. The molecule has 1 aromatic carbocycles. The van der Waals surface area contributed by atoms with Crippen LogP contribution in [0.3, 0.4) is 0 Å². The van der Waals surface area contributed by atoms with Crippen molar-refractivity contribution < 1.29 is 31.5 Å². The zero-order valence-electron chi connectivity index (χ0n) is 26.7. The van der Waals surface area contributed by atoms with Gasteiger partial charge in [-0.15, -0.1) is 0 Å². The second-order valence-corrected chi connectivity index (χ2v) is 14.8. The molecule has 0 bridgehead atoms. The highest BCUT2D eigenvalue weighted by Crippen LogP contribution is 2.37. The monoisotopic (exact) mass is 654 g/mol. The number of piperidine rings is 1. The lowest BCUT2D eigenvalue weighted by Crippen LogP contribution is -2.43. The normalized spacial score (nSPS) is 18.9. The summed E-state index contributed by atoms with van der Waals surface area (Å²) in [6, 6.07) is 3.65. The van der Waals surface area contributed by atoms with Gasteiger partial charge in [-0.05, 0) is 70.9 Å². The number of allylic oxidation sites excluding steroid dienone is 1. The van der Waals surface area contributed by atoms with Crippen LogP contribution >= 0.6 is 0 Å². The van der Waals surface area contributed by atoms with E-state index in [-0.39, 0.29) is 31.7 Å². The minimum Gasteiger partial charge on any atom is -0.390 e. The van der Waals surface area contributed by atoms with Crippen molar-refractivity contribution in [1.82, 2.24) is 29.2 Å². The molecule has 1 saturated heterocycles. The van der Waals surface area contributed by atoms with Crippen LogP contribution in [0.25, 0.3) is 11.3 Å². The number of nitrogens with zero attached hydrogens (tertiary/aromatic N) is 5. The summed E-state index contributed by atoms with van der Waals surface area (Å²) in [5.74, 6) is 0.0161. The molecule has 1 aromatic heterocycles. The number of aliphatic hydroxyl groups excluding tert-OH is 1. The standard InChI is InChI=1S/C31H45F3N6O4S/c1-21(2)13-29(42)35-15-24-14-23(8-9-27(24)31(32,33)34)30-26-20-39(45(5,43)44)12-10-28(26)40(36-30)19-25(41)18-38-11-6-7-22(17-38)16-37(3)4/h8-9,13-14,22,25,41H,6-7,10-12,15-20H2,1-5H3,(H,35,42). The number of aliphatic hydroxyl groups is 1. The average molecular weight is 655 g/mol. The molecule has 0 saturated carbocycles. The summed E-state index contributed by atoms with van der Waals surface area (Å²) >= 11 is 0. The van der Waals surface area contributed by atoms with Crippen LogP contribution in [0.4, 0.5) is 13.2 Å². The number of β-amino-alcohol motifs (C(OH)–C–C–N with tert-alkyl or cyclic N) is 1. The van der Waals surface area contributed by atoms with Crippen LogP contribution in [-0.4, -0.2) is 102 Å². The maximum Gasteiger partial charge on any atom is 0.416 e. The van der Waals surface area contributed by atoms with Crippen molar-refractivity contribution in [2.45, 2.75) is 65.0 Å². The molecule has 14 heteroatoms. The quantitative estimate of drug-likeness (QED) is 0.359. The average Bonchev–Trinajstić information content (AvgIpc) is 3.27. The number of nitrogens with one attached hydrogen (secondary N) is 1. The van der Waals surface area contributed by atoms with Gasteiger partial charge in [0.25, 0.3) is 0 Å². The predicted octanol–water partition coefficient (Wildman–Crippen LogP) is 3.10. The van der Waals surface area contributed by atoms with E-state index < -0.39 is 33.8 Å². The number of benzene rings is 1. The molecule has 2 aliphatic rings. The summed E-state index contributed by atoms with van der Waals surface area (Å²) in [5, 5.41) is 18.4. The lowest BCUT2D eigenvalue weighted by atomic mass is 9.97. The van der Waals surface area contributed by atoms with Crippen LogP contribution in [-0.2, 0) is 47.0 Å². The number of hydrogen-bond donors (Lipinski definition) is 2. The van der Waals surface area contributed by atoms with E-state index >= 15 is 0 Å². The molecule has 2 aliphatic heterocycles. The van der Waals surface area contributed by atoms with Crippen LogP contribution in [0.1, 0.15) is 49.1 Å². The highest BCUT2D eigenvalue weighted by Gasteiger charge is 2.35. The van der Waals surface area contributed by atoms with Crippen LogP contribution < -0.4 is 5.32 Å². The summed E-state index contributed by atoms with van der Waals surface area (Å²) in [6.45, 7) is 6.72. The number of carbonyl (C=O) groups excluding carboxylic acids is 1. The largest absolute Gasteiger partial charge is 0.416 e. The lowest BCUT2D eigenvalue weighted by molar-refractivity contribution is -0.138. The van der Waals surface area contributed by atoms with Gasteiger partial charge in [0.1, 0.15) is 0 Å². The number of aromatic nitrogens is 2. The molecule has 0 spiro atoms. The lowest BCUT2D eigenvalue weighted by Gasteiger charge is -2.35. The summed E-state index contributed by atoms with van der Waals surface area (Å²) in [6.07, 6.45) is -0.411. The third-order valence-corrected chi connectivity index (χ3v) is 9.45. The highest BCUT2D eigenvalue weighted by atomic mass is 32.2. The Kier molecular flexibility index (Phi) is 11.2. The summed E-state index contributed by atoms with van der Waals surface area (Å²) in [5.41, 5.74) is 1.79. The van der Waals surface area contributed by atoms with Gasteiger partial charge in [0.15, 0.2) is 0 Å². The molecule has 45 heavy (non-hydrogen) atoms. The molecule has 0 aliphatic carbocycles. The van der Waals surface area contributed by atoms with Crippen molar-refractivity contribution >= 4 is 15.9 Å². The maximum atomic E-state index is 13.9. The number of carbonyl (C=O) groups is 1. The molecule has 10 nitrogen and oxygen atoms in total. The van der Waals surface area contributed by atoms with Gasteiger partial charge in [-0.3, -0.25) is 9.48 Å². The van der Waals surface area contributed by atoms with Gasteiger partial charge in [0.05, 0.1) is 30.2 Å². The molecule has 2 aromatic rings. The Labute approximate surface area is 263 Å². The first kappa shape index (κ1) is 35.1. The Hall–Kier alpha value is -2.78. The number of sulfonamides is 1. The van der Waals surface area contributed by atoms with Gasteiger partial charge < -0.3 is 20.2 Å². The van der Waals surface area contributed by atoms with Crippen molar-refractivity contribution in [3.63, 3.8) is 0 Å². The molecule has 2 unspecified atom stereocenters. The second-order valence-electron chi connectivity index (χ2n) is 12.8. The molecule has 250 valence electrons. The van der Waals surface area contributed by atoms with Crippen molar-refractivity contribution in [3.05, 3.63) is 52.2 Å². The van der Waals surface area contributed by atoms with Crippen LogP contribution in [0, 0.1) is 5.92 Å². The number of amides is 1. The van der Waals surface area contributed by atoms with E-state index in [1.807, 2.05) is 0 Å². The number of alkyl halides is 3. The fraction of sp³-hybridized carbons (Fsp3) is 0.613. The van der Waals surface area contributed by atoms with Crippen molar-refractivity contribution in [1.29, 1.82) is 0 Å². The summed E-state index contributed by atoms with van der Waals surface area (Å²) < 4.78 is 69.8. The first-order valence-electron chi connectivity index (χ1n) is 15.2. The zero-order chi connectivity index (χ0) is 33.1. The molecule has 1 amide bonds. The Morgan fingerprint density at radius 1 is 1.22 bits per heavy atom. The van der Waals surface area contributed by atoms with E-state index in [9.17, 15) is 31.5 Å². The fourth-order valence-corrected chi connectivity index (χ4v) is 7.12. The first-order chi connectivity index (χ1) is 21.0. The molecule has 2 N–H and O–H groups in total. The molecule has 4 rings (SSSR count). The smallest absolute Gasteiger partial charge is 0.390 e. The molecule has 2 atom stereocenters. The molecule has 1 fully saturated rings. The van der Waals surface area contributed by atoms with Gasteiger partial charge in [0, 0.05) is 68.6 Å². The Morgan fingerprint density at radius 3 is 2.60 bits per heavy atom. The number of hydrogen-bond acceptors (Lipinski definition) is 7. The van der Waals surface area contributed by atoms with E-state index in [0.29, 0.717) is 41.3 Å². The van der Waals surface area contributed by atoms with Crippen molar-refractivity contribution in [2.24, 2.45) is 5.92 Å². The molecular formula is C31H45F3N6O4S. The molecule has 0 radical (unpaired) electrons. The van der Waals surface area contributed by atoms with E-state index in [1.165, 1.54) is 22.5 Å². The van der Waals surface area contributed by atoms with E-state index in [4.69, 9.17) is 5.10 Å². The van der Waals surface area contributed by atoms with Gasteiger partial charge in [-0.1, -0.05) is 11.6 Å². The van der Waals surface area contributed by atoms with Gasteiger partial charge >= 0.3 is 6.18 Å². The third kappa shape index (κ3) is 9.38. The fourth-order valence-electron chi connectivity index (χ4n) is 6.33. The zero-order valence-corrected chi connectivity index (χ0v) is 27.5. The Morgan fingerprint density at radius 2 is 1.96 bits per heavy atom. The minimum atomic E-state index is -4.65. The number of fused-ring (bicyclic) bond motifs is 1. The third-order valence-electron chi connectivity index (χ3n) is 8.20. The summed E-state index contributed by atoms with van der Waals surface area (Å²) in [4.78, 5) is 16.6. The number of likely N-dealkylation sites (tertiary alicyclic amines) is 1.